The SMILES string of the molecule is C[NH+]1N=CC(C=O)=C1C(F)(F)F.[Cl-]. The van der Waals surface area contributed by atoms with Crippen molar-refractivity contribution in [3.05, 3.63) is 11.3 Å². The average molecular weight is 215 g/mol. The summed E-state index contributed by atoms with van der Waals surface area (Å²) in [6, 6.07) is 0. The molecule has 0 saturated carbocycles. The number of quaternary nitrogens is 1. The van der Waals surface area contributed by atoms with Crippen LogP contribution in [-0.4, -0.2) is 25.7 Å². The number of nitrogens with zero attached hydrogens (tertiary/aromatic N) is 1. The van der Waals surface area contributed by atoms with Crippen LogP contribution in [0.1, 0.15) is 0 Å². The lowest BCUT2D eigenvalue weighted by Gasteiger charge is -2.09. The summed E-state index contributed by atoms with van der Waals surface area (Å²) in [6.07, 6.45) is -3.41. The van der Waals surface area contributed by atoms with Gasteiger partial charge in [-0.2, -0.15) is 18.2 Å². The van der Waals surface area contributed by atoms with Crippen molar-refractivity contribution in [2.75, 3.05) is 7.05 Å². The van der Waals surface area contributed by atoms with Crippen molar-refractivity contribution in [2.45, 2.75) is 6.18 Å². The Kier molecular flexibility index (Phi) is 3.62. The summed E-state index contributed by atoms with van der Waals surface area (Å²) in [7, 11) is 1.22. The number of hydrogen-bond acceptors (Lipinski definition) is 2. The van der Waals surface area contributed by atoms with Gasteiger partial charge in [0.15, 0.2) is 6.29 Å². The molecular weight excluding hydrogens is 209 g/mol. The number of hydrogen-bond donors (Lipinski definition) is 1. The lowest BCUT2D eigenvalue weighted by atomic mass is 10.2. The molecule has 1 heterocycles. The first kappa shape index (κ1) is 12.1. The molecule has 7 heteroatoms. The van der Waals surface area contributed by atoms with Gasteiger partial charge in [-0.05, 0) is 0 Å². The lowest BCUT2D eigenvalue weighted by molar-refractivity contribution is -0.853. The van der Waals surface area contributed by atoms with Gasteiger partial charge in [-0.1, -0.05) is 5.10 Å². The average Bonchev–Trinajstić information content (AvgIpc) is 2.29. The van der Waals surface area contributed by atoms with Crippen LogP contribution in [0.15, 0.2) is 16.4 Å². The maximum atomic E-state index is 12.1. The van der Waals surface area contributed by atoms with Crippen LogP contribution in [0.5, 0.6) is 0 Å². The lowest BCUT2D eigenvalue weighted by Crippen LogP contribution is -3.02. The van der Waals surface area contributed by atoms with Crippen LogP contribution in [-0.2, 0) is 4.79 Å². The van der Waals surface area contributed by atoms with Gasteiger partial charge in [0.05, 0.1) is 13.3 Å². The van der Waals surface area contributed by atoms with Gasteiger partial charge in [-0.3, -0.25) is 4.79 Å². The molecule has 0 aromatic rings. The van der Waals surface area contributed by atoms with E-state index in [0.29, 0.717) is 0 Å². The normalized spacial score (nSPS) is 21.7. The summed E-state index contributed by atoms with van der Waals surface area (Å²) in [6.45, 7) is 0. The van der Waals surface area contributed by atoms with Crippen molar-refractivity contribution in [3.8, 4) is 0 Å². The van der Waals surface area contributed by atoms with Crippen LogP contribution in [0, 0.1) is 0 Å². The quantitative estimate of drug-likeness (QED) is 0.452. The van der Waals surface area contributed by atoms with Crippen LogP contribution in [0.4, 0.5) is 13.2 Å². The zero-order valence-corrected chi connectivity index (χ0v) is 7.28. The van der Waals surface area contributed by atoms with Gasteiger partial charge in [0.1, 0.15) is 5.57 Å². The molecule has 0 fully saturated rings. The maximum absolute atomic E-state index is 12.1. The van der Waals surface area contributed by atoms with E-state index in [1.54, 1.807) is 0 Å². The third-order valence-corrected chi connectivity index (χ3v) is 1.46. The second-order valence-corrected chi connectivity index (χ2v) is 2.29. The summed E-state index contributed by atoms with van der Waals surface area (Å²) in [4.78, 5) is 10.1. The van der Waals surface area contributed by atoms with Gasteiger partial charge in [0.2, 0.25) is 0 Å². The van der Waals surface area contributed by atoms with Crippen LogP contribution < -0.4 is 17.4 Å². The van der Waals surface area contributed by atoms with E-state index in [0.717, 1.165) is 6.21 Å². The zero-order valence-electron chi connectivity index (χ0n) is 6.52. The van der Waals surface area contributed by atoms with E-state index in [1.807, 2.05) is 0 Å². The molecule has 0 aromatic heterocycles. The minimum absolute atomic E-state index is 0. The van der Waals surface area contributed by atoms with Gasteiger partial charge in [0.25, 0.3) is 5.70 Å². The molecule has 74 valence electrons. The fourth-order valence-corrected chi connectivity index (χ4v) is 0.962. The summed E-state index contributed by atoms with van der Waals surface area (Å²) in [5, 5.41) is 3.24. The number of halogens is 4. The van der Waals surface area contributed by atoms with Gasteiger partial charge < -0.3 is 12.4 Å². The molecule has 1 aliphatic heterocycles. The number of carbonyl (C=O) groups is 1. The Morgan fingerprint density at radius 2 is 2.08 bits per heavy atom. The highest BCUT2D eigenvalue weighted by atomic mass is 35.5. The molecule has 0 amide bonds. The standard InChI is InChI=1S/C6H5F3N2O.ClH/c1-11-5(6(7,8)9)4(3-12)2-10-11;/h2-3H,1H3;1H. The summed E-state index contributed by atoms with van der Waals surface area (Å²) >= 11 is 0. The summed E-state index contributed by atoms with van der Waals surface area (Å²) < 4.78 is 36.4. The first-order valence-corrected chi connectivity index (χ1v) is 3.11. The third kappa shape index (κ3) is 2.28. The van der Waals surface area contributed by atoms with Crippen molar-refractivity contribution in [1.82, 2.24) is 0 Å². The molecule has 1 unspecified atom stereocenters. The van der Waals surface area contributed by atoms with E-state index < -0.39 is 17.4 Å². The third-order valence-electron chi connectivity index (χ3n) is 1.46. The second-order valence-electron chi connectivity index (χ2n) is 2.29. The van der Waals surface area contributed by atoms with Crippen molar-refractivity contribution in [1.29, 1.82) is 0 Å². The summed E-state index contributed by atoms with van der Waals surface area (Å²) in [5.41, 5.74) is -1.34. The molecule has 0 aromatic carbocycles. The predicted molar refractivity (Wildman–Crippen MR) is 34.5 cm³/mol. The minimum atomic E-state index is -4.49. The number of alkyl halides is 3. The van der Waals surface area contributed by atoms with E-state index >= 15 is 0 Å². The summed E-state index contributed by atoms with van der Waals surface area (Å²) in [5.74, 6) is 0. The molecule has 1 aliphatic rings. The van der Waals surface area contributed by atoms with E-state index in [1.165, 1.54) is 7.05 Å². The first-order chi connectivity index (χ1) is 5.46. The predicted octanol–water partition coefficient (Wildman–Crippen LogP) is -3.48. The van der Waals surface area contributed by atoms with Gasteiger partial charge >= 0.3 is 6.18 Å². The van der Waals surface area contributed by atoms with E-state index in [2.05, 4.69) is 5.10 Å². The largest absolute Gasteiger partial charge is 1.00 e. The number of nitrogens with one attached hydrogen (secondary N) is 1. The molecule has 0 aliphatic carbocycles. The highest BCUT2D eigenvalue weighted by Gasteiger charge is 2.46. The molecule has 0 spiro atoms. The van der Waals surface area contributed by atoms with Crippen LogP contribution in [0.2, 0.25) is 0 Å². The van der Waals surface area contributed by atoms with Crippen molar-refractivity contribution in [2.24, 2.45) is 5.10 Å². The van der Waals surface area contributed by atoms with Gasteiger partial charge in [0, 0.05) is 0 Å². The Balaban J connectivity index is 0.00000144. The Morgan fingerprint density at radius 3 is 2.38 bits per heavy atom. The first-order valence-electron chi connectivity index (χ1n) is 3.11. The number of carbonyl (C=O) groups excluding carboxylic acids is 1. The van der Waals surface area contributed by atoms with E-state index in [9.17, 15) is 18.0 Å². The molecule has 0 bridgehead atoms. The Morgan fingerprint density at radius 1 is 1.54 bits per heavy atom. The molecule has 1 N–H and O–H groups in total. The van der Waals surface area contributed by atoms with Crippen LogP contribution in [0.25, 0.3) is 0 Å². The van der Waals surface area contributed by atoms with Crippen molar-refractivity contribution >= 4 is 12.5 Å². The van der Waals surface area contributed by atoms with Crippen LogP contribution >= 0.6 is 0 Å². The molecule has 1 atom stereocenters. The molecule has 0 saturated heterocycles. The van der Waals surface area contributed by atoms with Crippen molar-refractivity contribution < 1.29 is 35.4 Å². The van der Waals surface area contributed by atoms with Crippen molar-refractivity contribution in [3.63, 3.8) is 0 Å². The zero-order chi connectivity index (χ0) is 9.35. The Labute approximate surface area is 78.3 Å². The van der Waals surface area contributed by atoms with Gasteiger partial charge in [-0.15, -0.1) is 0 Å². The molecular formula is C6H6ClF3N2O. The monoisotopic (exact) mass is 214 g/mol. The molecule has 1 rings (SSSR count). The Bertz CT molecular complexity index is 272. The highest BCUT2D eigenvalue weighted by molar-refractivity contribution is 6.03. The highest BCUT2D eigenvalue weighted by Crippen LogP contribution is 2.24. The number of rotatable bonds is 1. The topological polar surface area (TPSA) is 33.9 Å². The number of allylic oxidation sites excluding steroid dienone is 2. The van der Waals surface area contributed by atoms with Crippen LogP contribution in [0.3, 0.4) is 0 Å². The Hall–Kier alpha value is -0.880. The number of aldehydes is 1. The smallest absolute Gasteiger partial charge is 0.470 e. The fourth-order valence-electron chi connectivity index (χ4n) is 0.962. The second kappa shape index (κ2) is 3.89. The van der Waals surface area contributed by atoms with Gasteiger partial charge in [-0.25, -0.2) is 0 Å². The van der Waals surface area contributed by atoms with E-state index in [-0.39, 0.29) is 23.7 Å². The maximum Gasteiger partial charge on any atom is 0.470 e. The molecule has 3 nitrogen and oxygen atoms in total. The van der Waals surface area contributed by atoms with E-state index in [4.69, 9.17) is 0 Å². The molecule has 13 heavy (non-hydrogen) atoms. The fraction of sp³-hybridized carbons (Fsp3) is 0.333. The molecule has 0 radical (unpaired) electrons. The minimum Gasteiger partial charge on any atom is -1.00 e.